The zero-order valence-corrected chi connectivity index (χ0v) is 17.3. The van der Waals surface area contributed by atoms with Gasteiger partial charge >= 0.3 is 0 Å². The van der Waals surface area contributed by atoms with E-state index in [-0.39, 0.29) is 12.5 Å². The second-order valence-electron chi connectivity index (χ2n) is 7.41. The van der Waals surface area contributed by atoms with Crippen molar-refractivity contribution in [1.29, 1.82) is 0 Å². The smallest absolute Gasteiger partial charge is 0.251 e. The van der Waals surface area contributed by atoms with E-state index in [2.05, 4.69) is 12.2 Å². The molecule has 3 N–H and O–H groups in total. The lowest BCUT2D eigenvalue weighted by Gasteiger charge is -2.32. The molecule has 2 amide bonds. The van der Waals surface area contributed by atoms with Crippen molar-refractivity contribution in [2.45, 2.75) is 26.2 Å². The van der Waals surface area contributed by atoms with Crippen molar-refractivity contribution in [1.82, 2.24) is 9.21 Å². The van der Waals surface area contributed by atoms with Crippen LogP contribution in [0.15, 0.2) is 0 Å². The van der Waals surface area contributed by atoms with E-state index in [1.54, 1.807) is 0 Å². The van der Waals surface area contributed by atoms with E-state index in [4.69, 9.17) is 5.73 Å². The number of hydrogen-bond acceptors (Lipinski definition) is 6. The summed E-state index contributed by atoms with van der Waals surface area (Å²) in [5.41, 5.74) is 7.02. The minimum absolute atomic E-state index is 0.161. The number of anilines is 1. The lowest BCUT2D eigenvalue weighted by atomic mass is 9.88. The number of hydrogen-bond donors (Lipinski definition) is 2. The summed E-state index contributed by atoms with van der Waals surface area (Å²) >= 11 is 1.45. The molecular weight excluding hydrogens is 388 g/mol. The van der Waals surface area contributed by atoms with Gasteiger partial charge in [0.05, 0.1) is 18.4 Å². The normalized spacial score (nSPS) is 21.6. The molecule has 0 radical (unpaired) electrons. The van der Waals surface area contributed by atoms with Gasteiger partial charge in [0.25, 0.3) is 5.91 Å². The molecule has 1 fully saturated rings. The van der Waals surface area contributed by atoms with E-state index in [0.29, 0.717) is 42.7 Å². The van der Waals surface area contributed by atoms with Crippen LogP contribution in [0.2, 0.25) is 0 Å². The highest BCUT2D eigenvalue weighted by molar-refractivity contribution is 7.88. The zero-order chi connectivity index (χ0) is 19.8. The number of nitrogens with two attached hydrogens (primary N) is 1. The molecule has 3 rings (SSSR count). The first-order valence-corrected chi connectivity index (χ1v) is 11.7. The second-order valence-corrected chi connectivity index (χ2v) is 10.5. The molecule has 1 unspecified atom stereocenters. The van der Waals surface area contributed by atoms with Gasteiger partial charge in [-0.05, 0) is 30.7 Å². The number of primary amides is 1. The molecule has 150 valence electrons. The van der Waals surface area contributed by atoms with Crippen molar-refractivity contribution in [3.05, 3.63) is 16.0 Å². The minimum Gasteiger partial charge on any atom is -0.365 e. The average molecular weight is 415 g/mol. The predicted molar refractivity (Wildman–Crippen MR) is 106 cm³/mol. The SMILES string of the molecule is CC1CCc2c(sc(NC(=O)CN3CCN(S(C)(=O)=O)CC3)c2C(N)=O)C1. The minimum atomic E-state index is -3.19. The molecule has 2 aliphatic rings. The van der Waals surface area contributed by atoms with Crippen LogP contribution in [0.1, 0.15) is 34.1 Å². The summed E-state index contributed by atoms with van der Waals surface area (Å²) in [6, 6.07) is 0. The van der Waals surface area contributed by atoms with Gasteiger partial charge in [0, 0.05) is 31.1 Å². The Hall–Kier alpha value is -1.49. The molecule has 10 heteroatoms. The van der Waals surface area contributed by atoms with Crippen LogP contribution >= 0.6 is 11.3 Å². The molecule has 1 atom stereocenters. The van der Waals surface area contributed by atoms with E-state index >= 15 is 0 Å². The summed E-state index contributed by atoms with van der Waals surface area (Å²) in [7, 11) is -3.19. The number of amides is 2. The summed E-state index contributed by atoms with van der Waals surface area (Å²) < 4.78 is 24.5. The number of carbonyl (C=O) groups is 2. The Morgan fingerprint density at radius 2 is 1.93 bits per heavy atom. The molecule has 0 saturated carbocycles. The Kier molecular flexibility index (Phi) is 5.90. The van der Waals surface area contributed by atoms with E-state index < -0.39 is 15.9 Å². The molecule has 1 aromatic rings. The average Bonchev–Trinajstić information content (AvgIpc) is 2.91. The van der Waals surface area contributed by atoms with Crippen LogP contribution in [-0.2, 0) is 27.7 Å². The number of piperazine rings is 1. The third-order valence-corrected chi connectivity index (χ3v) is 7.65. The first-order valence-electron chi connectivity index (χ1n) is 9.06. The Morgan fingerprint density at radius 1 is 1.26 bits per heavy atom. The largest absolute Gasteiger partial charge is 0.365 e. The maximum atomic E-state index is 12.5. The molecule has 1 aliphatic heterocycles. The monoisotopic (exact) mass is 414 g/mol. The predicted octanol–water partition coefficient (Wildman–Crippen LogP) is 0.488. The van der Waals surface area contributed by atoms with E-state index in [1.165, 1.54) is 21.9 Å². The fourth-order valence-electron chi connectivity index (χ4n) is 3.69. The quantitative estimate of drug-likeness (QED) is 0.728. The van der Waals surface area contributed by atoms with Crippen LogP contribution < -0.4 is 11.1 Å². The summed E-state index contributed by atoms with van der Waals surface area (Å²) in [4.78, 5) is 27.5. The van der Waals surface area contributed by atoms with E-state index in [0.717, 1.165) is 29.7 Å². The number of fused-ring (bicyclic) bond motifs is 1. The fraction of sp³-hybridized carbons (Fsp3) is 0.647. The molecule has 1 saturated heterocycles. The summed E-state index contributed by atoms with van der Waals surface area (Å²) in [5.74, 6) is -0.150. The van der Waals surface area contributed by atoms with Crippen molar-refractivity contribution < 1.29 is 18.0 Å². The lowest BCUT2D eigenvalue weighted by Crippen LogP contribution is -2.50. The van der Waals surface area contributed by atoms with Crippen LogP contribution in [0.4, 0.5) is 5.00 Å². The van der Waals surface area contributed by atoms with Crippen molar-refractivity contribution in [2.75, 3.05) is 44.3 Å². The number of carbonyl (C=O) groups excluding carboxylic acids is 2. The molecule has 0 bridgehead atoms. The maximum absolute atomic E-state index is 12.5. The van der Waals surface area contributed by atoms with Crippen molar-refractivity contribution in [3.63, 3.8) is 0 Å². The summed E-state index contributed by atoms with van der Waals surface area (Å²) in [6.07, 6.45) is 3.93. The molecule has 1 aliphatic carbocycles. The van der Waals surface area contributed by atoms with Gasteiger partial charge in [-0.15, -0.1) is 11.3 Å². The molecular formula is C17H26N4O4S2. The van der Waals surface area contributed by atoms with Crippen LogP contribution in [-0.4, -0.2) is 68.4 Å². The Labute approximate surface area is 163 Å². The number of thiophene rings is 1. The maximum Gasteiger partial charge on any atom is 0.251 e. The summed E-state index contributed by atoms with van der Waals surface area (Å²) in [6.45, 7) is 4.10. The highest BCUT2D eigenvalue weighted by atomic mass is 32.2. The van der Waals surface area contributed by atoms with Gasteiger partial charge in [-0.25, -0.2) is 8.42 Å². The highest BCUT2D eigenvalue weighted by Gasteiger charge is 2.28. The van der Waals surface area contributed by atoms with Crippen molar-refractivity contribution >= 4 is 38.2 Å². The molecule has 0 aromatic carbocycles. The van der Waals surface area contributed by atoms with Crippen LogP contribution in [0.5, 0.6) is 0 Å². The van der Waals surface area contributed by atoms with Gasteiger partial charge in [0.1, 0.15) is 5.00 Å². The molecule has 1 aromatic heterocycles. The topological polar surface area (TPSA) is 113 Å². The van der Waals surface area contributed by atoms with E-state index in [1.807, 2.05) is 4.90 Å². The first kappa shape index (κ1) is 20.2. The Morgan fingerprint density at radius 3 is 2.52 bits per heavy atom. The van der Waals surface area contributed by atoms with Gasteiger partial charge in [0.15, 0.2) is 0 Å². The van der Waals surface area contributed by atoms with Gasteiger partial charge in [0.2, 0.25) is 15.9 Å². The highest BCUT2D eigenvalue weighted by Crippen LogP contribution is 2.39. The molecule has 27 heavy (non-hydrogen) atoms. The molecule has 8 nitrogen and oxygen atoms in total. The summed E-state index contributed by atoms with van der Waals surface area (Å²) in [5, 5.41) is 3.40. The third-order valence-electron chi connectivity index (χ3n) is 5.18. The Bertz CT molecular complexity index is 841. The number of nitrogens with zero attached hydrogens (tertiary/aromatic N) is 2. The molecule has 2 heterocycles. The zero-order valence-electron chi connectivity index (χ0n) is 15.7. The van der Waals surface area contributed by atoms with Gasteiger partial charge in [-0.1, -0.05) is 6.92 Å². The van der Waals surface area contributed by atoms with Crippen LogP contribution in [0.25, 0.3) is 0 Å². The van der Waals surface area contributed by atoms with Gasteiger partial charge < -0.3 is 11.1 Å². The standard InChI is InChI=1S/C17H26N4O4S2/c1-11-3-4-12-13(9-11)26-17(15(12)16(18)23)19-14(22)10-20-5-7-21(8-6-20)27(2,24)25/h11H,3-10H2,1-2H3,(H2,18,23)(H,19,22). The number of sulfonamides is 1. The van der Waals surface area contributed by atoms with Gasteiger partial charge in [-0.2, -0.15) is 4.31 Å². The fourth-order valence-corrected chi connectivity index (χ4v) is 5.95. The van der Waals surface area contributed by atoms with Crippen molar-refractivity contribution in [2.24, 2.45) is 11.7 Å². The van der Waals surface area contributed by atoms with Gasteiger partial charge in [-0.3, -0.25) is 14.5 Å². The number of rotatable bonds is 5. The Balaban J connectivity index is 1.64. The van der Waals surface area contributed by atoms with Crippen LogP contribution in [0.3, 0.4) is 0 Å². The van der Waals surface area contributed by atoms with E-state index in [9.17, 15) is 18.0 Å². The molecule has 0 spiro atoms. The third kappa shape index (κ3) is 4.68. The lowest BCUT2D eigenvalue weighted by molar-refractivity contribution is -0.117. The van der Waals surface area contributed by atoms with Crippen LogP contribution in [0, 0.1) is 5.92 Å². The van der Waals surface area contributed by atoms with Crippen molar-refractivity contribution in [3.8, 4) is 0 Å². The second kappa shape index (κ2) is 7.86. The number of nitrogens with one attached hydrogen (secondary N) is 1. The first-order chi connectivity index (χ1) is 12.6.